The standard InChI is InChI=1S/C24H22N2O2S/c1-14-15(2)25-19(22(14)16-7-5-4-6-8-16)13-18-23-17-11-12-28-29-21(17)10-9-20(23)26(3)24(18)27/h4-10,13,25H,11-12H2,1-3H3/b18-13-. The molecule has 1 aromatic heterocycles. The monoisotopic (exact) mass is 402 g/mol. The Morgan fingerprint density at radius 2 is 1.90 bits per heavy atom. The number of benzene rings is 2. The number of carbonyl (C=O) groups is 1. The third-order valence-electron chi connectivity index (χ3n) is 5.88. The number of fused-ring (bicyclic) bond motifs is 3. The molecule has 0 aliphatic carbocycles. The lowest BCUT2D eigenvalue weighted by Gasteiger charge is -2.18. The first-order valence-corrected chi connectivity index (χ1v) is 10.5. The molecule has 1 amide bonds. The number of H-pyrrole nitrogens is 1. The van der Waals surface area contributed by atoms with Crippen molar-refractivity contribution < 1.29 is 8.98 Å². The van der Waals surface area contributed by atoms with Crippen LogP contribution >= 0.6 is 12.0 Å². The molecule has 3 aromatic rings. The molecule has 0 saturated carbocycles. The van der Waals surface area contributed by atoms with Crippen LogP contribution in [0, 0.1) is 13.8 Å². The number of nitrogens with zero attached hydrogens (tertiary/aromatic N) is 1. The van der Waals surface area contributed by atoms with E-state index >= 15 is 0 Å². The molecular weight excluding hydrogens is 380 g/mol. The second kappa shape index (κ2) is 6.94. The number of nitrogens with one attached hydrogen (secondary N) is 1. The smallest absolute Gasteiger partial charge is 0.258 e. The summed E-state index contributed by atoms with van der Waals surface area (Å²) >= 11 is 1.41. The summed E-state index contributed by atoms with van der Waals surface area (Å²) in [7, 11) is 1.85. The average Bonchev–Trinajstić information content (AvgIpc) is 3.16. The minimum atomic E-state index is 0.0359. The summed E-state index contributed by atoms with van der Waals surface area (Å²) in [5.74, 6) is 0.0359. The fraction of sp³-hybridized carbons (Fsp3) is 0.208. The lowest BCUT2D eigenvalue weighted by Crippen LogP contribution is -2.20. The van der Waals surface area contributed by atoms with Crippen LogP contribution in [-0.4, -0.2) is 24.5 Å². The molecule has 0 bridgehead atoms. The van der Waals surface area contributed by atoms with Gasteiger partial charge in [-0.25, -0.2) is 0 Å². The van der Waals surface area contributed by atoms with Gasteiger partial charge in [0.05, 0.1) is 17.9 Å². The van der Waals surface area contributed by atoms with Crippen molar-refractivity contribution in [2.24, 2.45) is 0 Å². The van der Waals surface area contributed by atoms with Crippen LogP contribution in [0.15, 0.2) is 47.4 Å². The summed E-state index contributed by atoms with van der Waals surface area (Å²) in [6, 6.07) is 14.4. The number of carbonyl (C=O) groups excluding carboxylic acids is 1. The van der Waals surface area contributed by atoms with E-state index in [1.54, 1.807) is 4.90 Å². The minimum Gasteiger partial charge on any atom is -0.358 e. The van der Waals surface area contributed by atoms with E-state index in [4.69, 9.17) is 4.18 Å². The van der Waals surface area contributed by atoms with Crippen molar-refractivity contribution >= 4 is 35.3 Å². The first-order valence-electron chi connectivity index (χ1n) is 9.76. The second-order valence-electron chi connectivity index (χ2n) is 7.54. The van der Waals surface area contributed by atoms with E-state index < -0.39 is 0 Å². The lowest BCUT2D eigenvalue weighted by atomic mass is 9.95. The maximum Gasteiger partial charge on any atom is 0.258 e. The molecule has 4 nitrogen and oxygen atoms in total. The lowest BCUT2D eigenvalue weighted by molar-refractivity contribution is -0.112. The van der Waals surface area contributed by atoms with Gasteiger partial charge >= 0.3 is 0 Å². The molecule has 5 heteroatoms. The normalized spacial score (nSPS) is 17.0. The van der Waals surface area contributed by atoms with Gasteiger partial charge in [-0.15, -0.1) is 0 Å². The molecule has 0 fully saturated rings. The Morgan fingerprint density at radius 1 is 1.10 bits per heavy atom. The number of likely N-dealkylation sites (N-methyl/N-ethyl adjacent to an activating group) is 1. The SMILES string of the molecule is Cc1[nH]c(/C=C2\C(=O)N(C)c3ccc4c(c32)CCOS4)c(-c2ccccc2)c1C. The van der Waals surface area contributed by atoms with Gasteiger partial charge in [-0.2, -0.15) is 0 Å². The fourth-order valence-electron chi connectivity index (χ4n) is 4.28. The molecule has 2 aliphatic heterocycles. The number of aromatic amines is 1. The highest BCUT2D eigenvalue weighted by Gasteiger charge is 2.34. The van der Waals surface area contributed by atoms with Crippen LogP contribution in [0.2, 0.25) is 0 Å². The van der Waals surface area contributed by atoms with Crippen molar-refractivity contribution in [3.05, 3.63) is 70.5 Å². The molecule has 2 aromatic carbocycles. The van der Waals surface area contributed by atoms with E-state index in [1.165, 1.54) is 23.2 Å². The van der Waals surface area contributed by atoms with Crippen molar-refractivity contribution in [1.29, 1.82) is 0 Å². The number of hydrogen-bond acceptors (Lipinski definition) is 3. The third kappa shape index (κ3) is 2.84. The van der Waals surface area contributed by atoms with Gasteiger partial charge in [-0.3, -0.25) is 4.79 Å². The Balaban J connectivity index is 1.73. The quantitative estimate of drug-likeness (QED) is 0.461. The average molecular weight is 403 g/mol. The number of rotatable bonds is 2. The molecule has 146 valence electrons. The molecule has 0 saturated heterocycles. The van der Waals surface area contributed by atoms with Gasteiger partial charge in [-0.05, 0) is 55.2 Å². The van der Waals surface area contributed by atoms with Gasteiger partial charge < -0.3 is 14.1 Å². The summed E-state index contributed by atoms with van der Waals surface area (Å²) in [4.78, 5) is 19.6. The van der Waals surface area contributed by atoms with E-state index in [0.29, 0.717) is 6.61 Å². The van der Waals surface area contributed by atoms with Gasteiger partial charge in [0, 0.05) is 46.5 Å². The highest BCUT2D eigenvalue weighted by molar-refractivity contribution is 7.94. The molecule has 2 aliphatic rings. The number of aryl methyl sites for hydroxylation is 1. The molecular formula is C24H22N2O2S. The summed E-state index contributed by atoms with van der Waals surface area (Å²) in [6.45, 7) is 4.87. The van der Waals surface area contributed by atoms with Crippen LogP contribution in [0.25, 0.3) is 22.8 Å². The Labute approximate surface area is 174 Å². The van der Waals surface area contributed by atoms with Crippen molar-refractivity contribution in [3.8, 4) is 11.1 Å². The molecule has 0 radical (unpaired) electrons. The fourth-order valence-corrected chi connectivity index (χ4v) is 5.00. The van der Waals surface area contributed by atoms with Gasteiger partial charge in [0.25, 0.3) is 5.91 Å². The summed E-state index contributed by atoms with van der Waals surface area (Å²) in [5.41, 5.74) is 9.60. The molecule has 0 unspecified atom stereocenters. The zero-order valence-corrected chi connectivity index (χ0v) is 17.5. The van der Waals surface area contributed by atoms with Gasteiger partial charge in [0.15, 0.2) is 0 Å². The molecule has 0 spiro atoms. The molecule has 3 heterocycles. The highest BCUT2D eigenvalue weighted by atomic mass is 32.2. The molecule has 1 N–H and O–H groups in total. The van der Waals surface area contributed by atoms with Crippen molar-refractivity contribution in [3.63, 3.8) is 0 Å². The van der Waals surface area contributed by atoms with Gasteiger partial charge in [0.2, 0.25) is 0 Å². The van der Waals surface area contributed by atoms with Gasteiger partial charge in [-0.1, -0.05) is 30.3 Å². The molecule has 5 rings (SSSR count). The van der Waals surface area contributed by atoms with Crippen LogP contribution in [0.1, 0.15) is 28.1 Å². The van der Waals surface area contributed by atoms with Crippen LogP contribution in [0.4, 0.5) is 5.69 Å². The van der Waals surface area contributed by atoms with Crippen molar-refractivity contribution in [2.75, 3.05) is 18.6 Å². The maximum atomic E-state index is 13.2. The second-order valence-corrected chi connectivity index (χ2v) is 8.39. The van der Waals surface area contributed by atoms with Crippen LogP contribution in [0.5, 0.6) is 0 Å². The highest BCUT2D eigenvalue weighted by Crippen LogP contribution is 2.45. The topological polar surface area (TPSA) is 45.3 Å². The van der Waals surface area contributed by atoms with E-state index in [2.05, 4.69) is 37.0 Å². The first kappa shape index (κ1) is 18.3. The van der Waals surface area contributed by atoms with Gasteiger partial charge in [0.1, 0.15) is 0 Å². The first-order chi connectivity index (χ1) is 14.1. The number of hydrogen-bond donors (Lipinski definition) is 1. The summed E-state index contributed by atoms with van der Waals surface area (Å²) < 4.78 is 5.55. The third-order valence-corrected chi connectivity index (χ3v) is 6.72. The maximum absolute atomic E-state index is 13.2. The van der Waals surface area contributed by atoms with Crippen molar-refractivity contribution in [2.45, 2.75) is 25.2 Å². The number of amides is 1. The number of aromatic nitrogens is 1. The summed E-state index contributed by atoms with van der Waals surface area (Å²) in [5, 5.41) is 0. The van der Waals surface area contributed by atoms with Crippen molar-refractivity contribution in [1.82, 2.24) is 4.98 Å². The zero-order valence-electron chi connectivity index (χ0n) is 16.7. The van der Waals surface area contributed by atoms with Crippen LogP contribution < -0.4 is 4.90 Å². The van der Waals surface area contributed by atoms with E-state index in [1.807, 2.05) is 37.4 Å². The van der Waals surface area contributed by atoms with E-state index in [-0.39, 0.29) is 5.91 Å². The Kier molecular flexibility index (Phi) is 4.37. The largest absolute Gasteiger partial charge is 0.358 e. The predicted molar refractivity (Wildman–Crippen MR) is 119 cm³/mol. The zero-order chi connectivity index (χ0) is 20.1. The Hall–Kier alpha value is -2.76. The summed E-state index contributed by atoms with van der Waals surface area (Å²) in [6.07, 6.45) is 2.85. The Bertz CT molecular complexity index is 1160. The Morgan fingerprint density at radius 3 is 2.69 bits per heavy atom. The van der Waals surface area contributed by atoms with Crippen LogP contribution in [-0.2, 0) is 15.4 Å². The van der Waals surface area contributed by atoms with E-state index in [0.717, 1.165) is 50.7 Å². The minimum absolute atomic E-state index is 0.0359. The predicted octanol–water partition coefficient (Wildman–Crippen LogP) is 5.40. The molecule has 29 heavy (non-hydrogen) atoms. The molecule has 0 atom stereocenters. The number of anilines is 1. The van der Waals surface area contributed by atoms with E-state index in [9.17, 15) is 4.79 Å². The van der Waals surface area contributed by atoms with Crippen LogP contribution in [0.3, 0.4) is 0 Å².